The number of para-hydroxylation sites is 2. The van der Waals surface area contributed by atoms with Gasteiger partial charge in [0.1, 0.15) is 16.2 Å². The second kappa shape index (κ2) is 8.07. The van der Waals surface area contributed by atoms with E-state index in [1.165, 1.54) is 0 Å². The molecule has 0 aliphatic heterocycles. The number of hydrogen-bond acceptors (Lipinski definition) is 5. The first kappa shape index (κ1) is 20.3. The topological polar surface area (TPSA) is 90.9 Å². The molecule has 2 N–H and O–H groups in total. The normalized spacial score (nSPS) is 12.1. The van der Waals surface area contributed by atoms with Gasteiger partial charge in [-0.15, -0.1) is 0 Å². The highest BCUT2D eigenvalue weighted by atomic mass is 32.2. The second-order valence-corrected chi connectivity index (χ2v) is 9.51. The monoisotopic (exact) mass is 422 g/mol. The predicted molar refractivity (Wildman–Crippen MR) is 120 cm³/mol. The Kier molecular flexibility index (Phi) is 5.47. The fourth-order valence-electron chi connectivity index (χ4n) is 3.71. The summed E-state index contributed by atoms with van der Waals surface area (Å²) < 4.78 is 28.9. The lowest BCUT2D eigenvalue weighted by atomic mass is 10.2. The Labute approximate surface area is 176 Å². The minimum absolute atomic E-state index is 0.0510. The summed E-state index contributed by atoms with van der Waals surface area (Å²) in [5, 5.41) is 0. The average Bonchev–Trinajstić information content (AvgIpc) is 3.01. The molecule has 6 nitrogen and oxygen atoms in total. The Morgan fingerprint density at radius 1 is 0.933 bits per heavy atom. The minimum Gasteiger partial charge on any atom is -0.384 e. The average molecular weight is 423 g/mol. The molecule has 0 atom stereocenters. The molecule has 4 aromatic rings. The molecule has 0 unspecified atom stereocenters. The molecule has 4 rings (SSSR count). The van der Waals surface area contributed by atoms with E-state index in [2.05, 4.69) is 11.9 Å². The van der Waals surface area contributed by atoms with Gasteiger partial charge in [0.05, 0.1) is 15.9 Å². The van der Waals surface area contributed by atoms with Crippen molar-refractivity contribution in [2.45, 2.75) is 55.9 Å². The highest BCUT2D eigenvalue weighted by Gasteiger charge is 2.30. The molecule has 0 aliphatic carbocycles. The number of hydrogen-bond donors (Lipinski definition) is 1. The van der Waals surface area contributed by atoms with E-state index in [1.807, 2.05) is 35.8 Å². The molecule has 30 heavy (non-hydrogen) atoms. The van der Waals surface area contributed by atoms with E-state index in [-0.39, 0.29) is 15.6 Å². The van der Waals surface area contributed by atoms with Gasteiger partial charge in [-0.3, -0.25) is 0 Å². The fourth-order valence-corrected chi connectivity index (χ4v) is 5.22. The van der Waals surface area contributed by atoms with Crippen molar-refractivity contribution in [2.24, 2.45) is 0 Å². The lowest BCUT2D eigenvalue weighted by molar-refractivity contribution is 0.589. The Morgan fingerprint density at radius 3 is 2.27 bits per heavy atom. The van der Waals surface area contributed by atoms with Crippen molar-refractivity contribution in [2.75, 3.05) is 5.73 Å². The van der Waals surface area contributed by atoms with Crippen molar-refractivity contribution >= 4 is 37.9 Å². The first-order chi connectivity index (χ1) is 14.4. The Balaban J connectivity index is 1.94. The lowest BCUT2D eigenvalue weighted by Crippen LogP contribution is -2.08. The summed E-state index contributed by atoms with van der Waals surface area (Å²) in [6.45, 7) is 4.69. The summed E-state index contributed by atoms with van der Waals surface area (Å²) in [6.07, 6.45) is 4.21. The summed E-state index contributed by atoms with van der Waals surface area (Å²) in [7, 11) is -3.84. The van der Waals surface area contributed by atoms with Crippen LogP contribution in [-0.4, -0.2) is 23.0 Å². The largest absolute Gasteiger partial charge is 0.384 e. The molecule has 0 saturated heterocycles. The van der Waals surface area contributed by atoms with Crippen LogP contribution in [0, 0.1) is 6.92 Å². The molecular weight excluding hydrogens is 396 g/mol. The first-order valence-electron chi connectivity index (χ1n) is 10.3. The summed E-state index contributed by atoms with van der Waals surface area (Å²) in [5.41, 5.74) is 9.67. The van der Waals surface area contributed by atoms with Gasteiger partial charge < -0.3 is 10.3 Å². The van der Waals surface area contributed by atoms with Crippen LogP contribution < -0.4 is 5.73 Å². The number of aryl methyl sites for hydroxylation is 2. The van der Waals surface area contributed by atoms with Crippen LogP contribution in [0.2, 0.25) is 0 Å². The Hall–Kier alpha value is -2.93. The van der Waals surface area contributed by atoms with E-state index in [9.17, 15) is 8.42 Å². The van der Waals surface area contributed by atoms with Gasteiger partial charge in [0, 0.05) is 6.54 Å². The third-order valence-corrected chi connectivity index (χ3v) is 7.21. The smallest absolute Gasteiger partial charge is 0.212 e. The zero-order valence-corrected chi connectivity index (χ0v) is 18.1. The van der Waals surface area contributed by atoms with Crippen LogP contribution >= 0.6 is 0 Å². The Bertz CT molecular complexity index is 1310. The molecule has 0 radical (unpaired) electrons. The first-order valence-corrected chi connectivity index (χ1v) is 11.8. The zero-order chi connectivity index (χ0) is 21.3. The van der Waals surface area contributed by atoms with Gasteiger partial charge in [0.25, 0.3) is 0 Å². The SMILES string of the molecule is CCCCCCn1c(N)c(S(=O)(=O)c2ccc(C)cc2)c2nc3ccccc3nc21. The van der Waals surface area contributed by atoms with E-state index in [0.717, 1.165) is 36.8 Å². The van der Waals surface area contributed by atoms with Crippen molar-refractivity contribution in [1.82, 2.24) is 14.5 Å². The zero-order valence-electron chi connectivity index (χ0n) is 17.3. The van der Waals surface area contributed by atoms with Crippen molar-refractivity contribution in [3.05, 3.63) is 54.1 Å². The molecule has 0 aliphatic rings. The molecule has 0 bridgehead atoms. The van der Waals surface area contributed by atoms with E-state index >= 15 is 0 Å². The van der Waals surface area contributed by atoms with Gasteiger partial charge in [-0.2, -0.15) is 0 Å². The van der Waals surface area contributed by atoms with Crippen molar-refractivity contribution in [3.63, 3.8) is 0 Å². The van der Waals surface area contributed by atoms with Gasteiger partial charge in [0.2, 0.25) is 9.84 Å². The van der Waals surface area contributed by atoms with Crippen LogP contribution in [0.4, 0.5) is 5.82 Å². The molecule has 2 heterocycles. The van der Waals surface area contributed by atoms with Gasteiger partial charge >= 0.3 is 0 Å². The van der Waals surface area contributed by atoms with Gasteiger partial charge in [-0.25, -0.2) is 18.4 Å². The number of rotatable bonds is 7. The maximum atomic E-state index is 13.5. The molecule has 0 spiro atoms. The van der Waals surface area contributed by atoms with Crippen LogP contribution in [0.15, 0.2) is 58.3 Å². The fraction of sp³-hybridized carbons (Fsp3) is 0.304. The highest BCUT2D eigenvalue weighted by Crippen LogP contribution is 2.35. The minimum atomic E-state index is -3.84. The summed E-state index contributed by atoms with van der Waals surface area (Å²) in [4.78, 5) is 9.66. The highest BCUT2D eigenvalue weighted by molar-refractivity contribution is 7.92. The molecule has 0 fully saturated rings. The number of fused-ring (bicyclic) bond motifs is 2. The van der Waals surface area contributed by atoms with Gasteiger partial charge in [0.15, 0.2) is 5.65 Å². The lowest BCUT2D eigenvalue weighted by Gasteiger charge is -2.08. The molecule has 2 aromatic carbocycles. The molecule has 0 amide bonds. The third-order valence-electron chi connectivity index (χ3n) is 5.38. The van der Waals surface area contributed by atoms with Gasteiger partial charge in [-0.05, 0) is 37.6 Å². The van der Waals surface area contributed by atoms with Crippen LogP contribution in [0.3, 0.4) is 0 Å². The predicted octanol–water partition coefficient (Wildman–Crippen LogP) is 4.89. The van der Waals surface area contributed by atoms with Gasteiger partial charge in [-0.1, -0.05) is 56.0 Å². The van der Waals surface area contributed by atoms with Crippen LogP contribution in [0.1, 0.15) is 38.2 Å². The number of sulfone groups is 1. The van der Waals surface area contributed by atoms with E-state index in [0.29, 0.717) is 23.2 Å². The van der Waals surface area contributed by atoms with E-state index in [4.69, 9.17) is 10.7 Å². The number of nitrogens with two attached hydrogens (primary N) is 1. The summed E-state index contributed by atoms with van der Waals surface area (Å²) in [5.74, 6) is 0.206. The molecule has 156 valence electrons. The van der Waals surface area contributed by atoms with Crippen molar-refractivity contribution < 1.29 is 8.42 Å². The molecular formula is C23H26N4O2S. The van der Waals surface area contributed by atoms with E-state index < -0.39 is 9.84 Å². The molecule has 2 aromatic heterocycles. The second-order valence-electron chi connectivity index (χ2n) is 7.63. The van der Waals surface area contributed by atoms with Crippen LogP contribution in [0.25, 0.3) is 22.2 Å². The quantitative estimate of drug-likeness (QED) is 0.428. The standard InChI is InChI=1S/C23H26N4O2S/c1-3-4-5-8-15-27-22(24)21(30(28,29)17-13-11-16(2)12-14-17)20-23(27)26-19-10-7-6-9-18(19)25-20/h6-7,9-14H,3-5,8,15,24H2,1-2H3. The number of anilines is 1. The van der Waals surface area contributed by atoms with Crippen LogP contribution in [-0.2, 0) is 16.4 Å². The molecule has 7 heteroatoms. The maximum absolute atomic E-state index is 13.5. The number of nitrogens with zero attached hydrogens (tertiary/aromatic N) is 3. The van der Waals surface area contributed by atoms with Crippen molar-refractivity contribution in [1.29, 1.82) is 0 Å². The number of nitrogen functional groups attached to an aromatic ring is 1. The number of unbranched alkanes of at least 4 members (excludes halogenated alkanes) is 3. The van der Waals surface area contributed by atoms with E-state index in [1.54, 1.807) is 24.3 Å². The molecule has 0 saturated carbocycles. The number of aromatic nitrogens is 3. The summed E-state index contributed by atoms with van der Waals surface area (Å²) in [6, 6.07) is 14.3. The third kappa shape index (κ3) is 3.54. The summed E-state index contributed by atoms with van der Waals surface area (Å²) >= 11 is 0. The Morgan fingerprint density at radius 2 is 1.60 bits per heavy atom. The van der Waals surface area contributed by atoms with Crippen molar-refractivity contribution in [3.8, 4) is 0 Å². The maximum Gasteiger partial charge on any atom is 0.212 e. The van der Waals surface area contributed by atoms with Crippen LogP contribution in [0.5, 0.6) is 0 Å². The number of benzene rings is 2.